The largest absolute Gasteiger partial charge is 0.330 e. The molecule has 1 fully saturated rings. The number of nitrogens with two attached hydrogens (primary N) is 1. The molecule has 0 aliphatic heterocycles. The van der Waals surface area contributed by atoms with E-state index in [4.69, 9.17) is 10.7 Å². The van der Waals surface area contributed by atoms with Crippen LogP contribution >= 0.6 is 0 Å². The van der Waals surface area contributed by atoms with Crippen molar-refractivity contribution in [3.63, 3.8) is 0 Å². The topological polar surface area (TPSA) is 43.8 Å². The van der Waals surface area contributed by atoms with E-state index in [-0.39, 0.29) is 5.82 Å². The molecule has 19 heavy (non-hydrogen) atoms. The Hall–Kier alpha value is -1.42. The summed E-state index contributed by atoms with van der Waals surface area (Å²) in [6.07, 6.45) is 4.29. The van der Waals surface area contributed by atoms with E-state index < -0.39 is 0 Å². The molecule has 3 nitrogen and oxygen atoms in total. The van der Waals surface area contributed by atoms with Gasteiger partial charge in [-0.05, 0) is 43.5 Å². The Morgan fingerprint density at radius 1 is 1.47 bits per heavy atom. The minimum absolute atomic E-state index is 0.188. The first-order valence-corrected chi connectivity index (χ1v) is 7.09. The molecule has 102 valence electrons. The smallest absolute Gasteiger partial charge is 0.125 e. The minimum atomic E-state index is -0.188. The average molecular weight is 261 g/mol. The third-order valence-corrected chi connectivity index (χ3v) is 4.02. The molecule has 1 unspecified atom stereocenters. The van der Waals surface area contributed by atoms with Crippen molar-refractivity contribution < 1.29 is 4.39 Å². The van der Waals surface area contributed by atoms with E-state index in [1.165, 1.54) is 18.9 Å². The Bertz CT molecular complexity index is 582. The van der Waals surface area contributed by atoms with E-state index in [1.807, 2.05) is 0 Å². The molecule has 1 aromatic heterocycles. The van der Waals surface area contributed by atoms with Gasteiger partial charge in [0, 0.05) is 12.5 Å². The van der Waals surface area contributed by atoms with Gasteiger partial charge in [-0.1, -0.05) is 13.3 Å². The maximum atomic E-state index is 13.4. The first-order valence-electron chi connectivity index (χ1n) is 7.09. The van der Waals surface area contributed by atoms with Gasteiger partial charge >= 0.3 is 0 Å². The minimum Gasteiger partial charge on any atom is -0.330 e. The van der Waals surface area contributed by atoms with Crippen molar-refractivity contribution in [1.29, 1.82) is 0 Å². The zero-order chi connectivity index (χ0) is 13.4. The number of benzene rings is 1. The first-order chi connectivity index (χ1) is 9.22. The van der Waals surface area contributed by atoms with Crippen LogP contribution in [0, 0.1) is 11.7 Å². The summed E-state index contributed by atoms with van der Waals surface area (Å²) in [5.74, 6) is 1.34. The molecular formula is C15H20FN3. The van der Waals surface area contributed by atoms with Crippen LogP contribution in [0.3, 0.4) is 0 Å². The van der Waals surface area contributed by atoms with Gasteiger partial charge in [0.05, 0.1) is 11.0 Å². The molecule has 3 rings (SSSR count). The number of aromatic nitrogens is 2. The highest BCUT2D eigenvalue weighted by Crippen LogP contribution is 2.39. The van der Waals surface area contributed by atoms with Crippen molar-refractivity contribution in [1.82, 2.24) is 9.55 Å². The lowest BCUT2D eigenvalue weighted by Gasteiger charge is -2.13. The van der Waals surface area contributed by atoms with Crippen molar-refractivity contribution >= 4 is 11.0 Å². The molecule has 1 heterocycles. The zero-order valence-electron chi connectivity index (χ0n) is 11.3. The van der Waals surface area contributed by atoms with Crippen molar-refractivity contribution in [3.8, 4) is 0 Å². The van der Waals surface area contributed by atoms with Crippen LogP contribution in [0.25, 0.3) is 11.0 Å². The highest BCUT2D eigenvalue weighted by molar-refractivity contribution is 5.76. The molecular weight excluding hydrogens is 241 g/mol. The van der Waals surface area contributed by atoms with Crippen LogP contribution in [-0.4, -0.2) is 16.1 Å². The molecule has 0 bridgehead atoms. The number of halogens is 1. The van der Waals surface area contributed by atoms with Gasteiger partial charge in [-0.25, -0.2) is 9.37 Å². The predicted molar refractivity (Wildman–Crippen MR) is 74.5 cm³/mol. The van der Waals surface area contributed by atoms with Crippen molar-refractivity contribution in [3.05, 3.63) is 29.8 Å². The molecule has 4 heteroatoms. The summed E-state index contributed by atoms with van der Waals surface area (Å²) in [5, 5.41) is 0. The summed E-state index contributed by atoms with van der Waals surface area (Å²) in [6, 6.07) is 5.37. The fourth-order valence-electron chi connectivity index (χ4n) is 2.65. The van der Waals surface area contributed by atoms with E-state index in [0.717, 1.165) is 29.7 Å². The SMILES string of the molecule is CCC(CN)Cc1nc2ccc(F)cc2n1C1CC1. The maximum absolute atomic E-state index is 13.4. The van der Waals surface area contributed by atoms with Crippen LogP contribution in [0.1, 0.15) is 38.1 Å². The lowest BCUT2D eigenvalue weighted by molar-refractivity contribution is 0.492. The third-order valence-electron chi connectivity index (χ3n) is 4.02. The van der Waals surface area contributed by atoms with Gasteiger partial charge in [0.25, 0.3) is 0 Å². The lowest BCUT2D eigenvalue weighted by Crippen LogP contribution is -2.18. The number of rotatable bonds is 5. The van der Waals surface area contributed by atoms with E-state index in [0.29, 0.717) is 18.5 Å². The normalized spacial score (nSPS) is 17.0. The highest BCUT2D eigenvalue weighted by atomic mass is 19.1. The first kappa shape index (κ1) is 12.6. The van der Waals surface area contributed by atoms with E-state index >= 15 is 0 Å². The molecule has 1 saturated carbocycles. The molecule has 1 atom stereocenters. The Morgan fingerprint density at radius 3 is 2.89 bits per heavy atom. The Labute approximate surface area is 112 Å². The maximum Gasteiger partial charge on any atom is 0.125 e. The van der Waals surface area contributed by atoms with E-state index in [2.05, 4.69) is 11.5 Å². The third kappa shape index (κ3) is 2.37. The molecule has 0 amide bonds. The molecule has 2 aromatic rings. The van der Waals surface area contributed by atoms with Crippen molar-refractivity contribution in [2.75, 3.05) is 6.54 Å². The summed E-state index contributed by atoms with van der Waals surface area (Å²) in [7, 11) is 0. The zero-order valence-corrected chi connectivity index (χ0v) is 11.3. The number of imidazole rings is 1. The second-order valence-corrected chi connectivity index (χ2v) is 5.48. The van der Waals surface area contributed by atoms with Crippen molar-refractivity contribution in [2.24, 2.45) is 11.7 Å². The average Bonchev–Trinajstić information content (AvgIpc) is 3.18. The molecule has 2 N–H and O–H groups in total. The lowest BCUT2D eigenvalue weighted by atomic mass is 10.0. The van der Waals surface area contributed by atoms with Gasteiger partial charge in [-0.15, -0.1) is 0 Å². The number of hydrogen-bond acceptors (Lipinski definition) is 2. The fraction of sp³-hybridized carbons (Fsp3) is 0.533. The van der Waals surface area contributed by atoms with Gasteiger partial charge in [-0.3, -0.25) is 0 Å². The second kappa shape index (κ2) is 4.93. The predicted octanol–water partition coefficient (Wildman–Crippen LogP) is 3.04. The quantitative estimate of drug-likeness (QED) is 0.899. The standard InChI is InChI=1S/C15H20FN3/c1-2-10(9-17)7-15-18-13-6-3-11(16)8-14(13)19(15)12-4-5-12/h3,6,8,10,12H,2,4-5,7,9,17H2,1H3. The molecule has 1 aliphatic rings. The molecule has 0 spiro atoms. The van der Waals surface area contributed by atoms with Crippen LogP contribution in [0.2, 0.25) is 0 Å². The summed E-state index contributed by atoms with van der Waals surface area (Å²) in [4.78, 5) is 4.69. The Kier molecular flexibility index (Phi) is 3.27. The number of fused-ring (bicyclic) bond motifs is 1. The van der Waals surface area contributed by atoms with Crippen LogP contribution < -0.4 is 5.73 Å². The Morgan fingerprint density at radius 2 is 2.26 bits per heavy atom. The van der Waals surface area contributed by atoms with Gasteiger partial charge in [0.1, 0.15) is 11.6 Å². The van der Waals surface area contributed by atoms with E-state index in [9.17, 15) is 4.39 Å². The summed E-state index contributed by atoms with van der Waals surface area (Å²) >= 11 is 0. The number of nitrogens with zero attached hydrogens (tertiary/aromatic N) is 2. The summed E-state index contributed by atoms with van der Waals surface area (Å²) < 4.78 is 15.7. The van der Waals surface area contributed by atoms with E-state index in [1.54, 1.807) is 12.1 Å². The Balaban J connectivity index is 2.05. The van der Waals surface area contributed by atoms with Crippen LogP contribution in [0.5, 0.6) is 0 Å². The highest BCUT2D eigenvalue weighted by Gasteiger charge is 2.28. The van der Waals surface area contributed by atoms with Crippen LogP contribution in [0.15, 0.2) is 18.2 Å². The van der Waals surface area contributed by atoms with Gasteiger partial charge < -0.3 is 10.3 Å². The fourth-order valence-corrected chi connectivity index (χ4v) is 2.65. The molecule has 0 radical (unpaired) electrons. The van der Waals surface area contributed by atoms with Gasteiger partial charge in [0.15, 0.2) is 0 Å². The number of hydrogen-bond donors (Lipinski definition) is 1. The summed E-state index contributed by atoms with van der Waals surface area (Å²) in [5.41, 5.74) is 7.63. The monoisotopic (exact) mass is 261 g/mol. The van der Waals surface area contributed by atoms with Gasteiger partial charge in [-0.2, -0.15) is 0 Å². The molecule has 1 aromatic carbocycles. The second-order valence-electron chi connectivity index (χ2n) is 5.48. The van der Waals surface area contributed by atoms with Crippen molar-refractivity contribution in [2.45, 2.75) is 38.6 Å². The van der Waals surface area contributed by atoms with Crippen LogP contribution in [0.4, 0.5) is 4.39 Å². The van der Waals surface area contributed by atoms with Crippen LogP contribution in [-0.2, 0) is 6.42 Å². The molecule has 0 saturated heterocycles. The summed E-state index contributed by atoms with van der Waals surface area (Å²) in [6.45, 7) is 2.83. The molecule has 1 aliphatic carbocycles. The van der Waals surface area contributed by atoms with Gasteiger partial charge in [0.2, 0.25) is 0 Å².